The van der Waals surface area contributed by atoms with Gasteiger partial charge in [0.05, 0.1) is 12.2 Å². The Balaban J connectivity index is 2.01. The lowest BCUT2D eigenvalue weighted by atomic mass is 10.1. The lowest BCUT2D eigenvalue weighted by Crippen LogP contribution is -2.22. The molecule has 0 fully saturated rings. The first kappa shape index (κ1) is 15.8. The van der Waals surface area contributed by atoms with E-state index >= 15 is 0 Å². The number of hydrogen-bond donors (Lipinski definition) is 2. The average molecular weight is 298 g/mol. The Morgan fingerprint density at radius 1 is 1.32 bits per heavy atom. The highest BCUT2D eigenvalue weighted by molar-refractivity contribution is 5.92. The molecular formula is C16H22N6. The molecule has 3 N–H and O–H groups in total. The second-order valence-electron chi connectivity index (χ2n) is 5.12. The van der Waals surface area contributed by atoms with E-state index in [9.17, 15) is 0 Å². The molecule has 0 amide bonds. The van der Waals surface area contributed by atoms with Crippen LogP contribution in [-0.4, -0.2) is 30.0 Å². The lowest BCUT2D eigenvalue weighted by Gasteiger charge is -2.10. The predicted molar refractivity (Wildman–Crippen MR) is 91.1 cm³/mol. The molecule has 2 aromatic rings. The topological polar surface area (TPSA) is 79.4 Å². The summed E-state index contributed by atoms with van der Waals surface area (Å²) in [5.41, 5.74) is 8.95. The van der Waals surface area contributed by atoms with Crippen LogP contribution in [0.15, 0.2) is 41.5 Å². The maximum absolute atomic E-state index is 5.93. The van der Waals surface area contributed by atoms with E-state index in [4.69, 9.17) is 5.73 Å². The second-order valence-corrected chi connectivity index (χ2v) is 5.12. The maximum atomic E-state index is 5.93. The molecule has 0 bridgehead atoms. The maximum Gasteiger partial charge on any atom is 0.225 e. The van der Waals surface area contributed by atoms with Crippen molar-refractivity contribution in [3.63, 3.8) is 0 Å². The van der Waals surface area contributed by atoms with Crippen LogP contribution in [-0.2, 0) is 13.0 Å². The highest BCUT2D eigenvalue weighted by Gasteiger charge is 2.01. The van der Waals surface area contributed by atoms with Gasteiger partial charge in [0.15, 0.2) is 5.96 Å². The summed E-state index contributed by atoms with van der Waals surface area (Å²) in [6.45, 7) is 2.53. The minimum atomic E-state index is 0.373. The first-order valence-electron chi connectivity index (χ1n) is 7.23. The number of aliphatic imine (C=N–C) groups is 1. The normalized spacial score (nSPS) is 11.3. The largest absolute Gasteiger partial charge is 0.370 e. The number of nitrogens with one attached hydrogen (secondary N) is 1. The summed E-state index contributed by atoms with van der Waals surface area (Å²) >= 11 is 0. The number of benzene rings is 1. The molecule has 0 atom stereocenters. The standard InChI is InChI=1S/C16H22N6/c1-4-12-6-5-7-13(10-12)20-15(17)19-11-14-8-9-18-16(21-14)22(2)3/h5-10H,4,11H2,1-3H3,(H3,17,19,20). The van der Waals surface area contributed by atoms with Crippen molar-refractivity contribution >= 4 is 17.6 Å². The molecule has 1 aromatic heterocycles. The first-order valence-corrected chi connectivity index (χ1v) is 7.23. The number of nitrogens with zero attached hydrogens (tertiary/aromatic N) is 4. The molecule has 0 saturated carbocycles. The number of rotatable bonds is 5. The Kier molecular flexibility index (Phi) is 5.30. The number of aromatic nitrogens is 2. The van der Waals surface area contributed by atoms with E-state index in [1.807, 2.05) is 37.2 Å². The van der Waals surface area contributed by atoms with Gasteiger partial charge in [-0.1, -0.05) is 19.1 Å². The van der Waals surface area contributed by atoms with E-state index < -0.39 is 0 Å². The number of nitrogens with two attached hydrogens (primary N) is 1. The van der Waals surface area contributed by atoms with Crippen molar-refractivity contribution in [2.75, 3.05) is 24.3 Å². The van der Waals surface area contributed by atoms with Gasteiger partial charge in [0, 0.05) is 26.0 Å². The van der Waals surface area contributed by atoms with Gasteiger partial charge in [0.25, 0.3) is 0 Å². The number of aryl methyl sites for hydroxylation is 1. The zero-order valence-electron chi connectivity index (χ0n) is 13.2. The van der Waals surface area contributed by atoms with Crippen LogP contribution >= 0.6 is 0 Å². The fourth-order valence-electron chi connectivity index (χ4n) is 1.91. The number of hydrogen-bond acceptors (Lipinski definition) is 4. The summed E-state index contributed by atoms with van der Waals surface area (Å²) in [5.74, 6) is 1.04. The summed E-state index contributed by atoms with van der Waals surface area (Å²) in [4.78, 5) is 14.7. The van der Waals surface area contributed by atoms with Gasteiger partial charge >= 0.3 is 0 Å². The van der Waals surface area contributed by atoms with Crippen molar-refractivity contribution in [2.45, 2.75) is 19.9 Å². The van der Waals surface area contributed by atoms with E-state index in [0.29, 0.717) is 18.5 Å². The Morgan fingerprint density at radius 3 is 2.86 bits per heavy atom. The second kappa shape index (κ2) is 7.40. The molecule has 116 valence electrons. The van der Waals surface area contributed by atoms with Crippen molar-refractivity contribution < 1.29 is 0 Å². The Labute approximate surface area is 131 Å². The van der Waals surface area contributed by atoms with Gasteiger partial charge in [0.2, 0.25) is 5.95 Å². The van der Waals surface area contributed by atoms with E-state index in [-0.39, 0.29) is 0 Å². The molecule has 0 radical (unpaired) electrons. The number of guanidine groups is 1. The lowest BCUT2D eigenvalue weighted by molar-refractivity contribution is 0.921. The van der Waals surface area contributed by atoms with Crippen LogP contribution in [0.25, 0.3) is 0 Å². The smallest absolute Gasteiger partial charge is 0.225 e. The van der Waals surface area contributed by atoms with Crippen LogP contribution in [0.5, 0.6) is 0 Å². The SMILES string of the molecule is CCc1cccc(NC(N)=NCc2ccnc(N(C)C)n2)c1. The minimum absolute atomic E-state index is 0.373. The van der Waals surface area contributed by atoms with Gasteiger partial charge in [-0.15, -0.1) is 0 Å². The summed E-state index contributed by atoms with van der Waals surface area (Å²) in [7, 11) is 3.80. The van der Waals surface area contributed by atoms with E-state index in [0.717, 1.165) is 17.8 Å². The van der Waals surface area contributed by atoms with Gasteiger partial charge in [-0.05, 0) is 30.2 Å². The predicted octanol–water partition coefficient (Wildman–Crippen LogP) is 2.03. The van der Waals surface area contributed by atoms with Gasteiger partial charge in [-0.25, -0.2) is 15.0 Å². The third-order valence-corrected chi connectivity index (χ3v) is 3.12. The molecule has 1 heterocycles. The van der Waals surface area contributed by atoms with Crippen molar-refractivity contribution in [3.05, 3.63) is 47.8 Å². The molecule has 22 heavy (non-hydrogen) atoms. The van der Waals surface area contributed by atoms with Crippen LogP contribution < -0.4 is 16.0 Å². The monoisotopic (exact) mass is 298 g/mol. The molecule has 0 spiro atoms. The fraction of sp³-hybridized carbons (Fsp3) is 0.312. The van der Waals surface area contributed by atoms with Gasteiger partial charge in [0.1, 0.15) is 0 Å². The molecule has 2 rings (SSSR count). The summed E-state index contributed by atoms with van der Waals surface area (Å²) < 4.78 is 0. The highest BCUT2D eigenvalue weighted by Crippen LogP contribution is 2.11. The zero-order chi connectivity index (χ0) is 15.9. The Bertz CT molecular complexity index is 651. The Morgan fingerprint density at radius 2 is 2.14 bits per heavy atom. The molecule has 6 nitrogen and oxygen atoms in total. The fourth-order valence-corrected chi connectivity index (χ4v) is 1.91. The molecule has 6 heteroatoms. The molecule has 1 aromatic carbocycles. The zero-order valence-corrected chi connectivity index (χ0v) is 13.2. The molecule has 0 aliphatic heterocycles. The van der Waals surface area contributed by atoms with Crippen molar-refractivity contribution in [2.24, 2.45) is 10.7 Å². The van der Waals surface area contributed by atoms with Crippen LogP contribution in [0.4, 0.5) is 11.6 Å². The molecular weight excluding hydrogens is 276 g/mol. The Hall–Kier alpha value is -2.63. The molecule has 0 saturated heterocycles. The highest BCUT2D eigenvalue weighted by atomic mass is 15.2. The van der Waals surface area contributed by atoms with Crippen molar-refractivity contribution in [3.8, 4) is 0 Å². The average Bonchev–Trinajstić information content (AvgIpc) is 2.53. The van der Waals surface area contributed by atoms with Crippen LogP contribution in [0.2, 0.25) is 0 Å². The molecule has 0 unspecified atom stereocenters. The molecule has 0 aliphatic carbocycles. The van der Waals surface area contributed by atoms with E-state index in [1.165, 1.54) is 5.56 Å². The third kappa shape index (κ3) is 4.44. The first-order chi connectivity index (χ1) is 10.6. The van der Waals surface area contributed by atoms with Gasteiger partial charge in [-0.3, -0.25) is 0 Å². The van der Waals surface area contributed by atoms with Crippen LogP contribution in [0.3, 0.4) is 0 Å². The van der Waals surface area contributed by atoms with E-state index in [2.05, 4.69) is 39.3 Å². The van der Waals surface area contributed by atoms with Crippen LogP contribution in [0, 0.1) is 0 Å². The van der Waals surface area contributed by atoms with E-state index in [1.54, 1.807) is 6.20 Å². The van der Waals surface area contributed by atoms with Gasteiger partial charge < -0.3 is 16.0 Å². The summed E-state index contributed by atoms with van der Waals surface area (Å²) in [5, 5.41) is 3.10. The number of anilines is 2. The molecule has 0 aliphatic rings. The third-order valence-electron chi connectivity index (χ3n) is 3.12. The van der Waals surface area contributed by atoms with Gasteiger partial charge in [-0.2, -0.15) is 0 Å². The van der Waals surface area contributed by atoms with Crippen LogP contribution in [0.1, 0.15) is 18.2 Å². The van der Waals surface area contributed by atoms with Crippen molar-refractivity contribution in [1.29, 1.82) is 0 Å². The quantitative estimate of drug-likeness (QED) is 0.652. The van der Waals surface area contributed by atoms with Crippen molar-refractivity contribution in [1.82, 2.24) is 9.97 Å². The summed E-state index contributed by atoms with van der Waals surface area (Å²) in [6, 6.07) is 9.96. The minimum Gasteiger partial charge on any atom is -0.370 e. The summed E-state index contributed by atoms with van der Waals surface area (Å²) in [6.07, 6.45) is 2.71.